The fourth-order valence-corrected chi connectivity index (χ4v) is 3.42. The average Bonchev–Trinajstić information content (AvgIpc) is 2.54. The van der Waals surface area contributed by atoms with Gasteiger partial charge in [0.05, 0.1) is 12.7 Å². The number of aliphatic hydroxyl groups excluding tert-OH is 1. The Balaban J connectivity index is 1.77. The Bertz CT molecular complexity index is 441. The van der Waals surface area contributed by atoms with Crippen LogP contribution in [0.5, 0.6) is 5.75 Å². The number of hydrogen-bond acceptors (Lipinski definition) is 3. The molecule has 2 N–H and O–H groups in total. The van der Waals surface area contributed by atoms with Crippen LogP contribution in [0.15, 0.2) is 24.3 Å². The summed E-state index contributed by atoms with van der Waals surface area (Å²) >= 11 is 0. The minimum Gasteiger partial charge on any atom is -0.493 e. The van der Waals surface area contributed by atoms with Gasteiger partial charge in [0.2, 0.25) is 0 Å². The van der Waals surface area contributed by atoms with Crippen molar-refractivity contribution >= 4 is 0 Å². The molecule has 2 rings (SSSR count). The van der Waals surface area contributed by atoms with Crippen molar-refractivity contribution in [3.05, 3.63) is 29.8 Å². The summed E-state index contributed by atoms with van der Waals surface area (Å²) < 4.78 is 5.83. The predicted octanol–water partition coefficient (Wildman–Crippen LogP) is 4.28. The topological polar surface area (TPSA) is 41.5 Å². The lowest BCUT2D eigenvalue weighted by atomic mass is 9.85. The van der Waals surface area contributed by atoms with Crippen LogP contribution in [0.1, 0.15) is 64.4 Å². The highest BCUT2D eigenvalue weighted by atomic mass is 16.5. The van der Waals surface area contributed by atoms with Crippen LogP contribution >= 0.6 is 0 Å². The van der Waals surface area contributed by atoms with Gasteiger partial charge in [-0.05, 0) is 32.3 Å². The van der Waals surface area contributed by atoms with E-state index in [9.17, 15) is 5.11 Å². The van der Waals surface area contributed by atoms with Crippen LogP contribution in [-0.2, 0) is 6.54 Å². The van der Waals surface area contributed by atoms with Crippen molar-refractivity contribution in [2.75, 3.05) is 6.61 Å². The first-order valence-corrected chi connectivity index (χ1v) is 9.27. The Labute approximate surface area is 141 Å². The molecule has 23 heavy (non-hydrogen) atoms. The molecule has 1 aromatic carbocycles. The minimum atomic E-state index is -0.309. The van der Waals surface area contributed by atoms with Crippen molar-refractivity contribution in [3.8, 4) is 5.75 Å². The second-order valence-electron chi connectivity index (χ2n) is 7.12. The molecule has 130 valence electrons. The number of hydrogen-bond donors (Lipinski definition) is 2. The van der Waals surface area contributed by atoms with Gasteiger partial charge in [0.25, 0.3) is 0 Å². The van der Waals surface area contributed by atoms with E-state index in [0.717, 1.165) is 18.2 Å². The SMILES string of the molecule is CC(O)CCOc1ccccc1CNC(C)CC1CCCCC1. The Kier molecular flexibility index (Phi) is 7.90. The standard InChI is InChI=1S/C20H33NO2/c1-16(14-18-8-4-3-5-9-18)21-15-19-10-6-7-11-20(19)23-13-12-17(2)22/h6-7,10-11,16-18,21-22H,3-5,8-9,12-15H2,1-2H3. The molecule has 0 aliphatic heterocycles. The summed E-state index contributed by atoms with van der Waals surface area (Å²) in [4.78, 5) is 0. The van der Waals surface area contributed by atoms with E-state index in [1.54, 1.807) is 6.92 Å². The van der Waals surface area contributed by atoms with Crippen LogP contribution in [0.2, 0.25) is 0 Å². The summed E-state index contributed by atoms with van der Waals surface area (Å²) in [7, 11) is 0. The van der Waals surface area contributed by atoms with Gasteiger partial charge < -0.3 is 15.2 Å². The fourth-order valence-electron chi connectivity index (χ4n) is 3.42. The number of aliphatic hydroxyl groups is 1. The van der Waals surface area contributed by atoms with Crippen molar-refractivity contribution < 1.29 is 9.84 Å². The monoisotopic (exact) mass is 319 g/mol. The van der Waals surface area contributed by atoms with E-state index in [-0.39, 0.29) is 6.10 Å². The van der Waals surface area contributed by atoms with E-state index < -0.39 is 0 Å². The van der Waals surface area contributed by atoms with Gasteiger partial charge in [0, 0.05) is 24.6 Å². The van der Waals surface area contributed by atoms with E-state index in [1.165, 1.54) is 44.1 Å². The first kappa shape index (κ1) is 18.3. The summed E-state index contributed by atoms with van der Waals surface area (Å²) in [5, 5.41) is 13.0. The van der Waals surface area contributed by atoms with Crippen molar-refractivity contribution in [2.24, 2.45) is 5.92 Å². The molecule has 2 atom stereocenters. The zero-order valence-corrected chi connectivity index (χ0v) is 14.8. The third kappa shape index (κ3) is 6.92. The highest BCUT2D eigenvalue weighted by Crippen LogP contribution is 2.27. The zero-order valence-electron chi connectivity index (χ0n) is 14.8. The fraction of sp³-hybridized carbons (Fsp3) is 0.700. The van der Waals surface area contributed by atoms with E-state index in [2.05, 4.69) is 24.4 Å². The van der Waals surface area contributed by atoms with Crippen molar-refractivity contribution in [2.45, 2.75) is 77.5 Å². The third-order valence-corrected chi connectivity index (χ3v) is 4.82. The quantitative estimate of drug-likeness (QED) is 0.713. The van der Waals surface area contributed by atoms with Gasteiger partial charge in [-0.3, -0.25) is 0 Å². The summed E-state index contributed by atoms with van der Waals surface area (Å²) in [6.07, 6.45) is 8.71. The van der Waals surface area contributed by atoms with E-state index >= 15 is 0 Å². The summed E-state index contributed by atoms with van der Waals surface area (Å²) in [6, 6.07) is 8.75. The number of para-hydroxylation sites is 1. The number of benzene rings is 1. The lowest BCUT2D eigenvalue weighted by molar-refractivity contribution is 0.155. The molecule has 3 heteroatoms. The molecule has 0 saturated heterocycles. The molecule has 3 nitrogen and oxygen atoms in total. The van der Waals surface area contributed by atoms with Crippen LogP contribution < -0.4 is 10.1 Å². The molecule has 0 aromatic heterocycles. The lowest BCUT2D eigenvalue weighted by Gasteiger charge is -2.25. The first-order valence-electron chi connectivity index (χ1n) is 9.27. The normalized spacial score (nSPS) is 18.6. The van der Waals surface area contributed by atoms with Gasteiger partial charge >= 0.3 is 0 Å². The number of nitrogens with one attached hydrogen (secondary N) is 1. The minimum absolute atomic E-state index is 0.309. The maximum Gasteiger partial charge on any atom is 0.123 e. The van der Waals surface area contributed by atoms with Gasteiger partial charge in [-0.1, -0.05) is 50.3 Å². The molecular weight excluding hydrogens is 286 g/mol. The van der Waals surface area contributed by atoms with Crippen LogP contribution in [0, 0.1) is 5.92 Å². The Morgan fingerprint density at radius 3 is 2.65 bits per heavy atom. The largest absolute Gasteiger partial charge is 0.493 e. The van der Waals surface area contributed by atoms with Crippen molar-refractivity contribution in [1.82, 2.24) is 5.32 Å². The second kappa shape index (κ2) is 9.94. The summed E-state index contributed by atoms with van der Waals surface area (Å²) in [5.41, 5.74) is 1.20. The van der Waals surface area contributed by atoms with Crippen LogP contribution in [0.25, 0.3) is 0 Å². The van der Waals surface area contributed by atoms with E-state index in [1.807, 2.05) is 12.1 Å². The third-order valence-electron chi connectivity index (χ3n) is 4.82. The van der Waals surface area contributed by atoms with E-state index in [0.29, 0.717) is 19.1 Å². The van der Waals surface area contributed by atoms with E-state index in [4.69, 9.17) is 4.74 Å². The Hall–Kier alpha value is -1.06. The number of rotatable bonds is 9. The number of ether oxygens (including phenoxy) is 1. The predicted molar refractivity (Wildman–Crippen MR) is 95.7 cm³/mol. The van der Waals surface area contributed by atoms with Crippen molar-refractivity contribution in [3.63, 3.8) is 0 Å². The van der Waals surface area contributed by atoms with Gasteiger partial charge in [0.15, 0.2) is 0 Å². The Morgan fingerprint density at radius 2 is 1.91 bits per heavy atom. The summed E-state index contributed by atoms with van der Waals surface area (Å²) in [6.45, 7) is 5.50. The average molecular weight is 319 g/mol. The zero-order chi connectivity index (χ0) is 16.5. The molecule has 1 aliphatic rings. The highest BCUT2D eigenvalue weighted by Gasteiger charge is 2.16. The van der Waals surface area contributed by atoms with Gasteiger partial charge in [-0.15, -0.1) is 0 Å². The highest BCUT2D eigenvalue weighted by molar-refractivity contribution is 5.33. The molecule has 0 spiro atoms. The van der Waals surface area contributed by atoms with Crippen LogP contribution in [0.3, 0.4) is 0 Å². The van der Waals surface area contributed by atoms with Crippen LogP contribution in [0.4, 0.5) is 0 Å². The smallest absolute Gasteiger partial charge is 0.123 e. The molecular formula is C20H33NO2. The first-order chi connectivity index (χ1) is 11.1. The van der Waals surface area contributed by atoms with Crippen molar-refractivity contribution in [1.29, 1.82) is 0 Å². The molecule has 1 fully saturated rings. The molecule has 0 heterocycles. The molecule has 0 radical (unpaired) electrons. The second-order valence-corrected chi connectivity index (χ2v) is 7.12. The molecule has 1 aromatic rings. The summed E-state index contributed by atoms with van der Waals surface area (Å²) in [5.74, 6) is 1.84. The lowest BCUT2D eigenvalue weighted by Crippen LogP contribution is -2.28. The molecule has 2 unspecified atom stereocenters. The van der Waals surface area contributed by atoms with Gasteiger partial charge in [0.1, 0.15) is 5.75 Å². The van der Waals surface area contributed by atoms with Gasteiger partial charge in [-0.25, -0.2) is 0 Å². The molecule has 0 bridgehead atoms. The maximum absolute atomic E-state index is 9.34. The Morgan fingerprint density at radius 1 is 1.17 bits per heavy atom. The maximum atomic E-state index is 9.34. The molecule has 1 saturated carbocycles. The molecule has 0 amide bonds. The van der Waals surface area contributed by atoms with Crippen LogP contribution in [-0.4, -0.2) is 23.9 Å². The van der Waals surface area contributed by atoms with Gasteiger partial charge in [-0.2, -0.15) is 0 Å². The molecule has 1 aliphatic carbocycles.